The molecule has 12 aliphatic rings. The molecule has 78 heavy (non-hydrogen) atoms. The molecule has 10 aliphatic heterocycles. The van der Waals surface area contributed by atoms with Crippen molar-refractivity contribution in [3.63, 3.8) is 0 Å². The summed E-state index contributed by atoms with van der Waals surface area (Å²) < 4.78 is 59.6. The molecule has 2 aliphatic carbocycles. The van der Waals surface area contributed by atoms with E-state index >= 15 is 0 Å². The number of carboxylic acid groups (broad SMARTS) is 2. The fraction of sp³-hybridized carbons (Fsp3) is 0.926. The van der Waals surface area contributed by atoms with E-state index in [0.717, 1.165) is 0 Å². The van der Waals surface area contributed by atoms with Crippen LogP contribution in [-0.2, 0) is 66.5 Å². The Kier molecular flexibility index (Phi) is 13.7. The number of hydrogen-bond donors (Lipinski definition) is 9. The fourth-order valence-corrected chi connectivity index (χ4v) is 17.1. The maximum atomic E-state index is 12.5. The van der Waals surface area contributed by atoms with Crippen molar-refractivity contribution in [3.8, 4) is 0 Å². The van der Waals surface area contributed by atoms with Gasteiger partial charge in [-0.05, 0) is 96.9 Å². The summed E-state index contributed by atoms with van der Waals surface area (Å²) in [4.78, 5) is 49.9. The molecule has 12 rings (SSSR count). The first kappa shape index (κ1) is 62.8. The van der Waals surface area contributed by atoms with E-state index in [1.54, 1.807) is 69.2 Å². The van der Waals surface area contributed by atoms with Crippen molar-refractivity contribution in [1.82, 2.24) is 10.6 Å². The first-order valence-electron chi connectivity index (χ1n) is 26.5. The lowest BCUT2D eigenvalue weighted by Gasteiger charge is -2.82. The Morgan fingerprint density at radius 2 is 0.808 bits per heavy atom. The summed E-state index contributed by atoms with van der Waals surface area (Å²) in [5.41, 5.74) is -21.9. The van der Waals surface area contributed by atoms with Gasteiger partial charge >= 0.3 is 5.97 Å². The predicted molar refractivity (Wildman–Crippen MR) is 268 cm³/mol. The van der Waals surface area contributed by atoms with Crippen LogP contribution in [-0.4, -0.2) is 204 Å². The molecule has 22 atom stereocenters. The van der Waals surface area contributed by atoms with Crippen LogP contribution >= 0.6 is 0 Å². The molecule has 448 valence electrons. The number of methoxy groups -OCH3 is 2. The highest BCUT2D eigenvalue weighted by Crippen LogP contribution is 2.76. The van der Waals surface area contributed by atoms with Gasteiger partial charge in [-0.3, -0.25) is 9.59 Å². The normalized spacial score (nSPS) is 57.7. The largest absolute Gasteiger partial charge is 0.544 e. The standard InChI is InChI=1S/2C27H45NO11/c2*1-15-20(5)21(6,28-16(2)30)19(4,37-26(15,12-29)22(20,7)33)14-36-13-18(3)24(9)23(8,34)25(10,35-11)39-27(18,38-24)17(31)32/h2*15,29,33-34H,12-14H2,1-11H3,(H,28,30)(H,31,32)/p-1/t2*15-,18-,19-,20-,21?,22-,23?,24+,25+,26?,27?/m00/s1. The number of aliphatic carboxylic acids is 2. The van der Waals surface area contributed by atoms with Crippen LogP contribution < -0.4 is 15.7 Å². The van der Waals surface area contributed by atoms with E-state index in [-0.39, 0.29) is 50.1 Å². The summed E-state index contributed by atoms with van der Waals surface area (Å²) >= 11 is 0. The maximum absolute atomic E-state index is 12.5. The number of nitrogens with one attached hydrogen (secondary N) is 2. The van der Waals surface area contributed by atoms with Crippen molar-refractivity contribution in [2.24, 2.45) is 33.5 Å². The molecule has 9 N–H and O–H groups in total. The minimum atomic E-state index is -2.29. The van der Waals surface area contributed by atoms with Crippen molar-refractivity contribution in [2.75, 3.05) is 53.9 Å². The monoisotopic (exact) mass is 1120 g/mol. The van der Waals surface area contributed by atoms with Gasteiger partial charge in [-0.15, -0.1) is 0 Å². The molecule has 10 heterocycles. The lowest BCUT2D eigenvalue weighted by atomic mass is 9.33. The lowest BCUT2D eigenvalue weighted by molar-refractivity contribution is -0.594. The molecule has 0 aromatic heterocycles. The molecule has 0 radical (unpaired) electrons. The molecule has 10 saturated heterocycles. The van der Waals surface area contributed by atoms with Gasteiger partial charge in [0.2, 0.25) is 23.4 Å². The second-order valence-electron chi connectivity index (χ2n) is 26.8. The van der Waals surface area contributed by atoms with Gasteiger partial charge in [0.05, 0.1) is 61.5 Å². The topological polar surface area (TPSA) is 349 Å². The third-order valence-electron chi connectivity index (χ3n) is 24.6. The van der Waals surface area contributed by atoms with Crippen LogP contribution in [0.25, 0.3) is 0 Å². The summed E-state index contributed by atoms with van der Waals surface area (Å²) in [7, 11) is 2.61. The van der Waals surface area contributed by atoms with Crippen LogP contribution in [0.4, 0.5) is 0 Å². The zero-order valence-electron chi connectivity index (χ0n) is 49.7. The lowest BCUT2D eigenvalue weighted by Crippen LogP contribution is -2.97. The van der Waals surface area contributed by atoms with E-state index in [1.165, 1.54) is 55.8 Å². The average molecular weight is 1120 g/mol. The van der Waals surface area contributed by atoms with Gasteiger partial charge in [-0.2, -0.15) is 0 Å². The van der Waals surface area contributed by atoms with Crippen molar-refractivity contribution in [3.05, 3.63) is 0 Å². The zero-order valence-corrected chi connectivity index (χ0v) is 49.7. The third kappa shape index (κ3) is 6.06. The summed E-state index contributed by atoms with van der Waals surface area (Å²) in [6.07, 6.45) is 0. The highest BCUT2D eigenvalue weighted by molar-refractivity contribution is 5.80. The summed E-state index contributed by atoms with van der Waals surface area (Å²) in [6, 6.07) is 0. The Labute approximate surface area is 456 Å². The zero-order chi connectivity index (χ0) is 60.2. The number of carbonyl (C=O) groups excluding carboxylic acids is 3. The van der Waals surface area contributed by atoms with E-state index in [9.17, 15) is 60.0 Å². The number of ether oxygens (including phenoxy) is 10. The van der Waals surface area contributed by atoms with Gasteiger partial charge < -0.3 is 104 Å². The molecular formula is C54H89N2O22-. The number of hydrogen-bond acceptors (Lipinski definition) is 21. The van der Waals surface area contributed by atoms with Gasteiger partial charge in [-0.1, -0.05) is 27.7 Å². The molecule has 0 aromatic carbocycles. The van der Waals surface area contributed by atoms with Gasteiger partial charge in [-0.25, -0.2) is 4.79 Å². The van der Waals surface area contributed by atoms with Crippen LogP contribution in [0.1, 0.15) is 138 Å². The molecule has 2 amide bonds. The minimum Gasteiger partial charge on any atom is -0.544 e. The van der Waals surface area contributed by atoms with Crippen molar-refractivity contribution >= 4 is 23.8 Å². The first-order valence-corrected chi connectivity index (χ1v) is 26.5. The first-order chi connectivity index (χ1) is 34.9. The number of carboxylic acids is 2. The van der Waals surface area contributed by atoms with Crippen molar-refractivity contribution in [1.29, 1.82) is 0 Å². The van der Waals surface area contributed by atoms with Crippen LogP contribution in [0.15, 0.2) is 0 Å². The van der Waals surface area contributed by atoms with Gasteiger partial charge in [0.15, 0.2) is 5.79 Å². The number of fused-ring (bicyclic) bond motifs is 8. The smallest absolute Gasteiger partial charge is 0.365 e. The number of rotatable bonds is 16. The molecule has 2 saturated carbocycles. The summed E-state index contributed by atoms with van der Waals surface area (Å²) in [5.74, 6) is -12.3. The predicted octanol–water partition coefficient (Wildman–Crippen LogP) is -0.245. The average Bonchev–Trinajstić information content (AvgIpc) is 3.32. The van der Waals surface area contributed by atoms with E-state index < -0.39 is 137 Å². The number of aliphatic hydroxyl groups is 6. The number of aliphatic hydroxyl groups excluding tert-OH is 2. The van der Waals surface area contributed by atoms with Crippen LogP contribution in [0.2, 0.25) is 0 Å². The molecule has 0 aromatic rings. The summed E-state index contributed by atoms with van der Waals surface area (Å²) in [5, 5.41) is 95.7. The molecule has 12 fully saturated rings. The van der Waals surface area contributed by atoms with Gasteiger partial charge in [0.25, 0.3) is 5.79 Å². The SMILES string of the molecule is CO[C@]1(C)OC2(C(=O)O)O[C@@](C)(C1(C)O)[C@]2(C)COC[C@]1(C)OC2(CO)[C@@H](C)[C@@](C)(C1(C)NC(C)=O)[C@]2(C)O.CO[C@]1(C)OC2(C(=O)[O-])O[C@@](C)(C1(C)O)[C@]2(C)COC[C@]1(C)OC2(CO)[C@@H](C)[C@@](C)(C1(C)NC(C)=O)[C@]2(C)O. The molecule has 24 heteroatoms. The molecule has 8 bridgehead atoms. The second-order valence-corrected chi connectivity index (χ2v) is 26.8. The van der Waals surface area contributed by atoms with Crippen molar-refractivity contribution < 1.29 is 107 Å². The summed E-state index contributed by atoms with van der Waals surface area (Å²) in [6.45, 7) is 30.7. The van der Waals surface area contributed by atoms with Crippen LogP contribution in [0.3, 0.4) is 0 Å². The van der Waals surface area contributed by atoms with Gasteiger partial charge in [0, 0.05) is 50.7 Å². The number of amides is 2. The molecular weight excluding hydrogens is 1030 g/mol. The van der Waals surface area contributed by atoms with Crippen LogP contribution in [0, 0.1) is 33.5 Å². The van der Waals surface area contributed by atoms with E-state index in [1.807, 2.05) is 27.7 Å². The maximum Gasteiger partial charge on any atom is 0.365 e. The minimum absolute atomic E-state index is 0.158. The van der Waals surface area contributed by atoms with E-state index in [4.69, 9.17) is 47.4 Å². The second kappa shape index (κ2) is 17.0. The third-order valence-corrected chi connectivity index (χ3v) is 24.6. The van der Waals surface area contributed by atoms with Crippen LogP contribution in [0.5, 0.6) is 0 Å². The Bertz CT molecular complexity index is 2360. The molecule has 0 spiro atoms. The fourth-order valence-electron chi connectivity index (χ4n) is 17.1. The van der Waals surface area contributed by atoms with Crippen molar-refractivity contribution in [2.45, 2.75) is 229 Å². The Morgan fingerprint density at radius 1 is 0.500 bits per heavy atom. The number of carbonyl (C=O) groups is 4. The molecule has 8 unspecified atom stereocenters. The van der Waals surface area contributed by atoms with E-state index in [2.05, 4.69) is 10.6 Å². The molecule has 24 nitrogen and oxygen atoms in total. The highest BCUT2D eigenvalue weighted by Gasteiger charge is 2.92. The Balaban J connectivity index is 0.000000226. The van der Waals surface area contributed by atoms with Gasteiger partial charge in [0.1, 0.15) is 62.0 Å². The van der Waals surface area contributed by atoms with E-state index in [0.29, 0.717) is 0 Å². The highest BCUT2D eigenvalue weighted by atomic mass is 16.9. The Morgan fingerprint density at radius 3 is 1.08 bits per heavy atom. The Hall–Kier alpha value is -2.76. The quantitative estimate of drug-likeness (QED) is 0.0963.